The number of methoxy groups -OCH3 is 1. The zero-order valence-corrected chi connectivity index (χ0v) is 17.3. The molecule has 1 fully saturated rings. The molecule has 29 heavy (non-hydrogen) atoms. The summed E-state index contributed by atoms with van der Waals surface area (Å²) in [6.07, 6.45) is 3.49. The molecule has 0 bridgehead atoms. The summed E-state index contributed by atoms with van der Waals surface area (Å²) in [5.74, 6) is 0.679. The van der Waals surface area contributed by atoms with Gasteiger partial charge in [0.1, 0.15) is 5.75 Å². The number of carbonyl (C=O) groups is 2. The van der Waals surface area contributed by atoms with Crippen molar-refractivity contribution in [2.75, 3.05) is 24.3 Å². The third-order valence-corrected chi connectivity index (χ3v) is 5.43. The number of hydrogen-bond acceptors (Lipinski definition) is 3. The number of benzene rings is 2. The Kier molecular flexibility index (Phi) is 6.75. The van der Waals surface area contributed by atoms with E-state index < -0.39 is 0 Å². The van der Waals surface area contributed by atoms with Gasteiger partial charge in [-0.15, -0.1) is 0 Å². The minimum Gasteiger partial charge on any atom is -0.495 e. The van der Waals surface area contributed by atoms with Crippen LogP contribution in [0.1, 0.15) is 37.3 Å². The van der Waals surface area contributed by atoms with Gasteiger partial charge in [-0.1, -0.05) is 31.2 Å². The van der Waals surface area contributed by atoms with Gasteiger partial charge < -0.3 is 20.3 Å². The van der Waals surface area contributed by atoms with Crippen molar-refractivity contribution in [1.82, 2.24) is 4.90 Å². The molecule has 1 aliphatic heterocycles. The molecule has 2 N–H and O–H groups in total. The van der Waals surface area contributed by atoms with E-state index in [2.05, 4.69) is 17.6 Å². The number of rotatable bonds is 6. The summed E-state index contributed by atoms with van der Waals surface area (Å²) in [5.41, 5.74) is 3.17. The minimum atomic E-state index is -0.343. The van der Waals surface area contributed by atoms with Crippen LogP contribution in [0.25, 0.3) is 0 Å². The molecule has 1 atom stereocenters. The first-order valence-electron chi connectivity index (χ1n) is 10.1. The predicted octanol–water partition coefficient (Wildman–Crippen LogP) is 4.59. The lowest BCUT2D eigenvalue weighted by Gasteiger charge is -2.24. The number of para-hydroxylation sites is 1. The highest BCUT2D eigenvalue weighted by Gasteiger charge is 2.27. The van der Waals surface area contributed by atoms with Crippen LogP contribution in [0.2, 0.25) is 0 Å². The summed E-state index contributed by atoms with van der Waals surface area (Å²) in [4.78, 5) is 27.1. The van der Waals surface area contributed by atoms with Gasteiger partial charge in [0.05, 0.1) is 19.2 Å². The molecule has 0 aliphatic carbocycles. The Morgan fingerprint density at radius 2 is 1.90 bits per heavy atom. The smallest absolute Gasteiger partial charge is 0.323 e. The molecule has 3 rings (SSSR count). The third kappa shape index (κ3) is 5.08. The van der Waals surface area contributed by atoms with Crippen LogP contribution >= 0.6 is 0 Å². The van der Waals surface area contributed by atoms with Crippen molar-refractivity contribution in [2.24, 2.45) is 0 Å². The number of nitrogens with zero attached hydrogens (tertiary/aromatic N) is 1. The second-order valence-corrected chi connectivity index (χ2v) is 7.40. The molecule has 1 aliphatic rings. The van der Waals surface area contributed by atoms with E-state index in [4.69, 9.17) is 4.74 Å². The summed E-state index contributed by atoms with van der Waals surface area (Å²) in [6, 6.07) is 13.1. The zero-order valence-electron chi connectivity index (χ0n) is 17.3. The number of aryl methyl sites for hydroxylation is 1. The summed E-state index contributed by atoms with van der Waals surface area (Å²) in [7, 11) is 1.55. The number of urea groups is 1. The number of nitrogens with one attached hydrogen (secondary N) is 2. The van der Waals surface area contributed by atoms with Crippen molar-refractivity contribution in [1.29, 1.82) is 0 Å². The van der Waals surface area contributed by atoms with Crippen LogP contribution in [0.3, 0.4) is 0 Å². The van der Waals surface area contributed by atoms with Gasteiger partial charge >= 0.3 is 6.03 Å². The van der Waals surface area contributed by atoms with E-state index in [0.717, 1.165) is 42.6 Å². The SMILES string of the molecule is CCC1CCCN1C(=O)Cc1ccc(NC(=O)Nc2ccccc2C)c(OC)c1. The summed E-state index contributed by atoms with van der Waals surface area (Å²) < 4.78 is 5.44. The summed E-state index contributed by atoms with van der Waals surface area (Å²) in [5, 5.41) is 5.66. The molecule has 1 saturated heterocycles. The first kappa shape index (κ1) is 20.7. The van der Waals surface area contributed by atoms with E-state index in [1.807, 2.05) is 48.2 Å². The monoisotopic (exact) mass is 395 g/mol. The molecule has 2 aromatic carbocycles. The molecule has 0 spiro atoms. The predicted molar refractivity (Wildman–Crippen MR) is 116 cm³/mol. The Labute approximate surface area is 172 Å². The van der Waals surface area contributed by atoms with Crippen molar-refractivity contribution >= 4 is 23.3 Å². The van der Waals surface area contributed by atoms with E-state index in [1.165, 1.54) is 0 Å². The number of anilines is 2. The van der Waals surface area contributed by atoms with Gasteiger partial charge in [0.15, 0.2) is 0 Å². The first-order chi connectivity index (χ1) is 14.0. The molecule has 6 nitrogen and oxygen atoms in total. The average Bonchev–Trinajstić information content (AvgIpc) is 3.20. The van der Waals surface area contributed by atoms with E-state index in [1.54, 1.807) is 13.2 Å². The number of carbonyl (C=O) groups excluding carboxylic acids is 2. The van der Waals surface area contributed by atoms with Gasteiger partial charge in [0.2, 0.25) is 5.91 Å². The number of hydrogen-bond donors (Lipinski definition) is 2. The van der Waals surface area contributed by atoms with E-state index in [0.29, 0.717) is 23.9 Å². The van der Waals surface area contributed by atoms with Crippen molar-refractivity contribution in [3.63, 3.8) is 0 Å². The molecule has 2 aromatic rings. The fourth-order valence-electron chi connectivity index (χ4n) is 3.80. The topological polar surface area (TPSA) is 70.7 Å². The Bertz CT molecular complexity index is 881. The lowest BCUT2D eigenvalue weighted by molar-refractivity contribution is -0.131. The lowest BCUT2D eigenvalue weighted by atomic mass is 10.1. The van der Waals surface area contributed by atoms with E-state index in [-0.39, 0.29) is 11.9 Å². The fraction of sp³-hybridized carbons (Fsp3) is 0.391. The minimum absolute atomic E-state index is 0.148. The normalized spacial score (nSPS) is 15.8. The molecule has 0 aromatic heterocycles. The Morgan fingerprint density at radius 1 is 1.14 bits per heavy atom. The van der Waals surface area contributed by atoms with E-state index in [9.17, 15) is 9.59 Å². The summed E-state index contributed by atoms with van der Waals surface area (Å²) >= 11 is 0. The third-order valence-electron chi connectivity index (χ3n) is 5.43. The van der Waals surface area contributed by atoms with Crippen molar-refractivity contribution in [2.45, 2.75) is 45.6 Å². The summed E-state index contributed by atoms with van der Waals surface area (Å²) in [6.45, 7) is 4.90. The molecule has 6 heteroatoms. The maximum atomic E-state index is 12.7. The van der Waals surface area contributed by atoms with Crippen LogP contribution in [0.5, 0.6) is 5.75 Å². The highest BCUT2D eigenvalue weighted by molar-refractivity contribution is 6.01. The maximum absolute atomic E-state index is 12.7. The van der Waals surface area contributed by atoms with Crippen LogP contribution in [-0.2, 0) is 11.2 Å². The number of ether oxygens (including phenoxy) is 1. The second-order valence-electron chi connectivity index (χ2n) is 7.40. The maximum Gasteiger partial charge on any atom is 0.323 e. The van der Waals surface area contributed by atoms with Crippen LogP contribution in [0.4, 0.5) is 16.2 Å². The van der Waals surface area contributed by atoms with Crippen LogP contribution < -0.4 is 15.4 Å². The van der Waals surface area contributed by atoms with Crippen molar-refractivity contribution < 1.29 is 14.3 Å². The van der Waals surface area contributed by atoms with Gasteiger partial charge in [0, 0.05) is 18.3 Å². The Balaban J connectivity index is 1.66. The highest BCUT2D eigenvalue weighted by Crippen LogP contribution is 2.27. The van der Waals surface area contributed by atoms with Crippen LogP contribution in [0.15, 0.2) is 42.5 Å². The molecule has 154 valence electrons. The lowest BCUT2D eigenvalue weighted by Crippen LogP contribution is -2.36. The van der Waals surface area contributed by atoms with Crippen LogP contribution in [-0.4, -0.2) is 36.5 Å². The molecule has 0 radical (unpaired) electrons. The molecular formula is C23H29N3O3. The standard InChI is InChI=1S/C23H29N3O3/c1-4-18-9-7-13-26(18)22(27)15-17-11-12-20(21(14-17)29-3)25-23(28)24-19-10-6-5-8-16(19)2/h5-6,8,10-12,14,18H,4,7,9,13,15H2,1-3H3,(H2,24,25,28). The van der Waals surface area contributed by atoms with Crippen molar-refractivity contribution in [3.8, 4) is 5.75 Å². The quantitative estimate of drug-likeness (QED) is 0.751. The first-order valence-corrected chi connectivity index (χ1v) is 10.1. The van der Waals surface area contributed by atoms with Gasteiger partial charge in [-0.3, -0.25) is 4.79 Å². The Morgan fingerprint density at radius 3 is 2.62 bits per heavy atom. The molecule has 1 heterocycles. The molecular weight excluding hydrogens is 366 g/mol. The second kappa shape index (κ2) is 9.45. The number of likely N-dealkylation sites (tertiary alicyclic amines) is 1. The van der Waals surface area contributed by atoms with Gasteiger partial charge in [-0.05, 0) is 55.5 Å². The highest BCUT2D eigenvalue weighted by atomic mass is 16.5. The fourth-order valence-corrected chi connectivity index (χ4v) is 3.80. The molecule has 3 amide bonds. The zero-order chi connectivity index (χ0) is 20.8. The number of amides is 3. The van der Waals surface area contributed by atoms with Gasteiger partial charge in [-0.2, -0.15) is 0 Å². The van der Waals surface area contributed by atoms with Crippen LogP contribution in [0, 0.1) is 6.92 Å². The Hall–Kier alpha value is -3.02. The van der Waals surface area contributed by atoms with E-state index >= 15 is 0 Å². The largest absolute Gasteiger partial charge is 0.495 e. The average molecular weight is 396 g/mol. The molecule has 1 unspecified atom stereocenters. The molecule has 0 saturated carbocycles. The van der Waals surface area contributed by atoms with Gasteiger partial charge in [-0.25, -0.2) is 4.79 Å². The van der Waals surface area contributed by atoms with Gasteiger partial charge in [0.25, 0.3) is 0 Å². The van der Waals surface area contributed by atoms with Crippen molar-refractivity contribution in [3.05, 3.63) is 53.6 Å².